The number of hydrogen-bond donors (Lipinski definition) is 1. The highest BCUT2D eigenvalue weighted by Gasteiger charge is 2.20. The SMILES string of the molecule is CC.CNCCC(C)=O.COCC1CCC(COCCCC=O)CC1. The Balaban J connectivity index is 0. The predicted molar refractivity (Wildman–Crippen MR) is 104 cm³/mol. The summed E-state index contributed by atoms with van der Waals surface area (Å²) in [5.41, 5.74) is 0. The van der Waals surface area contributed by atoms with E-state index in [2.05, 4.69) is 5.32 Å². The third kappa shape index (κ3) is 19.4. The topological polar surface area (TPSA) is 64.6 Å². The molecule has 0 aromatic carbocycles. The minimum absolute atomic E-state index is 0.245. The molecule has 0 aromatic rings. The molecule has 0 bridgehead atoms. The molecular formula is C20H41NO4. The molecule has 0 saturated heterocycles. The zero-order chi connectivity index (χ0) is 19.3. The molecule has 150 valence electrons. The Kier molecular flexibility index (Phi) is 22.5. The van der Waals surface area contributed by atoms with Crippen LogP contribution in [0.15, 0.2) is 0 Å². The van der Waals surface area contributed by atoms with Crippen molar-refractivity contribution in [3.8, 4) is 0 Å². The van der Waals surface area contributed by atoms with Gasteiger partial charge in [-0.3, -0.25) is 4.79 Å². The number of nitrogens with one attached hydrogen (secondary N) is 1. The van der Waals surface area contributed by atoms with Crippen molar-refractivity contribution in [3.05, 3.63) is 0 Å². The van der Waals surface area contributed by atoms with Crippen LogP contribution in [0.2, 0.25) is 0 Å². The lowest BCUT2D eigenvalue weighted by atomic mass is 9.83. The van der Waals surface area contributed by atoms with Gasteiger partial charge < -0.3 is 19.6 Å². The zero-order valence-corrected chi connectivity index (χ0v) is 17.1. The Labute approximate surface area is 155 Å². The summed E-state index contributed by atoms with van der Waals surface area (Å²) in [6.07, 6.45) is 8.18. The summed E-state index contributed by atoms with van der Waals surface area (Å²) in [6.45, 7) is 8.91. The number of Topliss-reactive ketones (excluding diaryl/α,β-unsaturated/α-hetero) is 1. The molecule has 0 aromatic heterocycles. The molecule has 0 aliphatic heterocycles. The molecule has 1 aliphatic rings. The smallest absolute Gasteiger partial charge is 0.131 e. The summed E-state index contributed by atoms with van der Waals surface area (Å²) in [5, 5.41) is 2.88. The van der Waals surface area contributed by atoms with Gasteiger partial charge in [0.1, 0.15) is 12.1 Å². The third-order valence-corrected chi connectivity index (χ3v) is 4.06. The van der Waals surface area contributed by atoms with E-state index in [0.29, 0.717) is 12.8 Å². The molecule has 0 unspecified atom stereocenters. The first-order valence-electron chi connectivity index (χ1n) is 9.78. The number of ketones is 1. The number of carbonyl (C=O) groups is 2. The van der Waals surface area contributed by atoms with Crippen molar-refractivity contribution >= 4 is 12.1 Å². The highest BCUT2D eigenvalue weighted by atomic mass is 16.5. The number of hydrogen-bond acceptors (Lipinski definition) is 5. The van der Waals surface area contributed by atoms with Gasteiger partial charge in [-0.15, -0.1) is 0 Å². The van der Waals surface area contributed by atoms with Crippen LogP contribution < -0.4 is 5.32 Å². The average Bonchev–Trinajstić information content (AvgIpc) is 2.63. The zero-order valence-electron chi connectivity index (χ0n) is 17.1. The first-order valence-corrected chi connectivity index (χ1v) is 9.78. The van der Waals surface area contributed by atoms with Crippen LogP contribution >= 0.6 is 0 Å². The maximum absolute atomic E-state index is 10.2. The number of methoxy groups -OCH3 is 1. The fourth-order valence-electron chi connectivity index (χ4n) is 2.62. The molecule has 1 N–H and O–H groups in total. The average molecular weight is 360 g/mol. The Bertz CT molecular complexity index is 289. The van der Waals surface area contributed by atoms with E-state index in [-0.39, 0.29) is 5.78 Å². The first-order chi connectivity index (χ1) is 12.1. The van der Waals surface area contributed by atoms with Gasteiger partial charge in [-0.05, 0) is 57.9 Å². The van der Waals surface area contributed by atoms with E-state index in [1.807, 2.05) is 20.9 Å². The molecule has 0 atom stereocenters. The molecule has 0 heterocycles. The molecule has 1 saturated carbocycles. The number of rotatable bonds is 11. The lowest BCUT2D eigenvalue weighted by Crippen LogP contribution is -2.21. The number of unbranched alkanes of at least 4 members (excludes halogenated alkanes) is 1. The van der Waals surface area contributed by atoms with Crippen molar-refractivity contribution in [1.29, 1.82) is 0 Å². The second-order valence-corrected chi connectivity index (χ2v) is 6.28. The van der Waals surface area contributed by atoms with Gasteiger partial charge >= 0.3 is 0 Å². The second-order valence-electron chi connectivity index (χ2n) is 6.28. The van der Waals surface area contributed by atoms with Gasteiger partial charge in [0, 0.05) is 46.3 Å². The molecule has 25 heavy (non-hydrogen) atoms. The molecule has 0 spiro atoms. The van der Waals surface area contributed by atoms with E-state index >= 15 is 0 Å². The molecule has 1 rings (SSSR count). The van der Waals surface area contributed by atoms with Crippen LogP contribution in [0.4, 0.5) is 0 Å². The second kappa shape index (κ2) is 21.3. The maximum atomic E-state index is 10.2. The molecule has 1 aliphatic carbocycles. The van der Waals surface area contributed by atoms with Gasteiger partial charge in [0.05, 0.1) is 0 Å². The Morgan fingerprint density at radius 1 is 1.12 bits per heavy atom. The van der Waals surface area contributed by atoms with Gasteiger partial charge in [-0.25, -0.2) is 0 Å². The highest BCUT2D eigenvalue weighted by Crippen LogP contribution is 2.28. The van der Waals surface area contributed by atoms with E-state index in [1.54, 1.807) is 14.0 Å². The Hall–Kier alpha value is -0.780. The summed E-state index contributed by atoms with van der Waals surface area (Å²) in [7, 11) is 3.62. The van der Waals surface area contributed by atoms with Crippen molar-refractivity contribution in [1.82, 2.24) is 5.32 Å². The van der Waals surface area contributed by atoms with Crippen molar-refractivity contribution in [3.63, 3.8) is 0 Å². The maximum Gasteiger partial charge on any atom is 0.131 e. The lowest BCUT2D eigenvalue weighted by molar-refractivity contribution is -0.116. The van der Waals surface area contributed by atoms with E-state index in [0.717, 1.165) is 50.9 Å². The molecule has 0 radical (unpaired) electrons. The predicted octanol–water partition coefficient (Wildman–Crippen LogP) is 3.65. The van der Waals surface area contributed by atoms with Crippen molar-refractivity contribution in [2.45, 2.75) is 65.7 Å². The summed E-state index contributed by atoms with van der Waals surface area (Å²) < 4.78 is 10.8. The molecule has 0 amide bonds. The van der Waals surface area contributed by atoms with Crippen LogP contribution in [-0.4, -0.2) is 52.6 Å². The summed E-state index contributed by atoms with van der Waals surface area (Å²) in [5.74, 6) is 1.73. The molecule has 1 fully saturated rings. The first kappa shape index (κ1) is 26.4. The monoisotopic (exact) mass is 359 g/mol. The van der Waals surface area contributed by atoms with Crippen LogP contribution in [-0.2, 0) is 19.1 Å². The third-order valence-electron chi connectivity index (χ3n) is 4.06. The van der Waals surface area contributed by atoms with Crippen molar-refractivity contribution in [2.24, 2.45) is 11.8 Å². The molecule has 5 heteroatoms. The van der Waals surface area contributed by atoms with Crippen molar-refractivity contribution in [2.75, 3.05) is 40.5 Å². The number of aldehydes is 1. The van der Waals surface area contributed by atoms with E-state index < -0.39 is 0 Å². The van der Waals surface area contributed by atoms with Gasteiger partial charge in [0.2, 0.25) is 0 Å². The summed E-state index contributed by atoms with van der Waals surface area (Å²) >= 11 is 0. The van der Waals surface area contributed by atoms with Gasteiger partial charge in [0.15, 0.2) is 0 Å². The van der Waals surface area contributed by atoms with E-state index in [1.165, 1.54) is 25.7 Å². The summed E-state index contributed by atoms with van der Waals surface area (Å²) in [6, 6.07) is 0. The normalized spacial score (nSPS) is 19.1. The lowest BCUT2D eigenvalue weighted by Gasteiger charge is -2.27. The fourth-order valence-corrected chi connectivity index (χ4v) is 2.62. The fraction of sp³-hybridized carbons (Fsp3) is 0.900. The van der Waals surface area contributed by atoms with Crippen molar-refractivity contribution < 1.29 is 19.1 Å². The highest BCUT2D eigenvalue weighted by molar-refractivity contribution is 5.75. The van der Waals surface area contributed by atoms with Gasteiger partial charge in [-0.2, -0.15) is 0 Å². The molecular weight excluding hydrogens is 318 g/mol. The quantitative estimate of drug-likeness (QED) is 0.451. The van der Waals surface area contributed by atoms with Gasteiger partial charge in [0.25, 0.3) is 0 Å². The summed E-state index contributed by atoms with van der Waals surface area (Å²) in [4.78, 5) is 20.3. The largest absolute Gasteiger partial charge is 0.384 e. The van der Waals surface area contributed by atoms with Gasteiger partial charge in [-0.1, -0.05) is 13.8 Å². The van der Waals surface area contributed by atoms with Crippen LogP contribution in [0, 0.1) is 11.8 Å². The Morgan fingerprint density at radius 2 is 1.68 bits per heavy atom. The van der Waals surface area contributed by atoms with Crippen LogP contribution in [0.25, 0.3) is 0 Å². The van der Waals surface area contributed by atoms with Crippen LogP contribution in [0.1, 0.15) is 65.7 Å². The van der Waals surface area contributed by atoms with Crippen LogP contribution in [0.3, 0.4) is 0 Å². The van der Waals surface area contributed by atoms with Crippen LogP contribution in [0.5, 0.6) is 0 Å². The van der Waals surface area contributed by atoms with E-state index in [4.69, 9.17) is 9.47 Å². The standard InChI is InChI=1S/C13H24O3.C5H11NO.C2H6/c1-15-10-12-4-6-13(7-5-12)11-16-9-3-2-8-14;1-5(7)3-4-6-2;1-2/h8,12-13H,2-7,9-11H2,1H3;6H,3-4H2,1-2H3;1-2H3. The molecule has 5 nitrogen and oxygen atoms in total. The Morgan fingerprint density at radius 3 is 2.08 bits per heavy atom. The number of carbonyl (C=O) groups excluding carboxylic acids is 2. The minimum atomic E-state index is 0.245. The van der Waals surface area contributed by atoms with E-state index in [9.17, 15) is 9.59 Å². The minimum Gasteiger partial charge on any atom is -0.384 e. The number of ether oxygens (including phenoxy) is 2.